The van der Waals surface area contributed by atoms with Crippen LogP contribution in [0, 0.1) is 10.1 Å². The first-order valence-electron chi connectivity index (χ1n) is 9.13. The number of nitro benzene ring substituents is 1. The largest absolute Gasteiger partial charge is 0.378 e. The van der Waals surface area contributed by atoms with Gasteiger partial charge in [0.15, 0.2) is 0 Å². The van der Waals surface area contributed by atoms with Crippen LogP contribution in [0.25, 0.3) is 0 Å². The van der Waals surface area contributed by atoms with E-state index in [1.165, 1.54) is 17.2 Å². The molecule has 1 aliphatic carbocycles. The molecule has 1 amide bonds. The second-order valence-electron chi connectivity index (χ2n) is 6.83. The van der Waals surface area contributed by atoms with Crippen molar-refractivity contribution in [1.82, 2.24) is 4.90 Å². The van der Waals surface area contributed by atoms with E-state index in [0.29, 0.717) is 37.6 Å². The normalized spacial score (nSPS) is 18.8. The molecule has 1 heterocycles. The van der Waals surface area contributed by atoms with Crippen LogP contribution in [0.3, 0.4) is 0 Å². The number of morpholine rings is 1. The smallest absolute Gasteiger partial charge is 0.293 e. The molecule has 2 aromatic carbocycles. The van der Waals surface area contributed by atoms with Gasteiger partial charge in [-0.3, -0.25) is 14.9 Å². The third-order valence-electron chi connectivity index (χ3n) is 5.20. The van der Waals surface area contributed by atoms with Crippen LogP contribution >= 0.6 is 0 Å². The van der Waals surface area contributed by atoms with Gasteiger partial charge < -0.3 is 15.0 Å². The number of rotatable bonds is 4. The molecule has 2 aromatic rings. The predicted molar refractivity (Wildman–Crippen MR) is 101 cm³/mol. The van der Waals surface area contributed by atoms with Gasteiger partial charge in [0, 0.05) is 24.7 Å². The number of nitrogens with zero attached hydrogens (tertiary/aromatic N) is 2. The van der Waals surface area contributed by atoms with Crippen LogP contribution in [0.5, 0.6) is 0 Å². The van der Waals surface area contributed by atoms with Crippen molar-refractivity contribution in [3.05, 3.63) is 69.3 Å². The van der Waals surface area contributed by atoms with Gasteiger partial charge in [-0.1, -0.05) is 24.3 Å². The number of amides is 1. The van der Waals surface area contributed by atoms with Crippen LogP contribution in [0.15, 0.2) is 42.5 Å². The van der Waals surface area contributed by atoms with E-state index in [2.05, 4.69) is 17.4 Å². The van der Waals surface area contributed by atoms with E-state index >= 15 is 0 Å². The van der Waals surface area contributed by atoms with Crippen LogP contribution in [0.4, 0.5) is 11.4 Å². The molecule has 1 N–H and O–H groups in total. The number of nitrogens with one attached hydrogen (secondary N) is 1. The van der Waals surface area contributed by atoms with Crippen molar-refractivity contribution in [2.45, 2.75) is 18.9 Å². The van der Waals surface area contributed by atoms with E-state index in [1.807, 2.05) is 12.1 Å². The number of hydrogen-bond donors (Lipinski definition) is 1. The zero-order chi connectivity index (χ0) is 18.8. The highest BCUT2D eigenvalue weighted by Gasteiger charge is 2.26. The molecule has 1 fully saturated rings. The van der Waals surface area contributed by atoms with Gasteiger partial charge in [0.1, 0.15) is 5.69 Å². The number of fused-ring (bicyclic) bond motifs is 1. The molecule has 140 valence electrons. The molecule has 1 atom stereocenters. The van der Waals surface area contributed by atoms with Gasteiger partial charge in [-0.2, -0.15) is 0 Å². The monoisotopic (exact) mass is 367 g/mol. The van der Waals surface area contributed by atoms with E-state index in [0.717, 1.165) is 12.8 Å². The fraction of sp³-hybridized carbons (Fsp3) is 0.350. The average Bonchev–Trinajstić information content (AvgIpc) is 3.11. The lowest BCUT2D eigenvalue weighted by Gasteiger charge is -2.27. The number of anilines is 1. The first kappa shape index (κ1) is 17.5. The first-order chi connectivity index (χ1) is 13.1. The lowest BCUT2D eigenvalue weighted by atomic mass is 10.1. The number of nitro groups is 1. The highest BCUT2D eigenvalue weighted by Crippen LogP contribution is 2.36. The van der Waals surface area contributed by atoms with Crippen LogP contribution in [0.2, 0.25) is 0 Å². The van der Waals surface area contributed by atoms with Crippen LogP contribution < -0.4 is 5.32 Å². The molecule has 7 nitrogen and oxygen atoms in total. The molecule has 1 aliphatic heterocycles. The quantitative estimate of drug-likeness (QED) is 0.663. The zero-order valence-electron chi connectivity index (χ0n) is 14.9. The van der Waals surface area contributed by atoms with Gasteiger partial charge in [-0.25, -0.2) is 0 Å². The second kappa shape index (κ2) is 7.36. The van der Waals surface area contributed by atoms with Crippen molar-refractivity contribution in [1.29, 1.82) is 0 Å². The molecular weight excluding hydrogens is 346 g/mol. The number of aryl methyl sites for hydroxylation is 1. The molecule has 0 saturated carbocycles. The summed E-state index contributed by atoms with van der Waals surface area (Å²) >= 11 is 0. The fourth-order valence-corrected chi connectivity index (χ4v) is 3.78. The Labute approximate surface area is 157 Å². The van der Waals surface area contributed by atoms with Crippen molar-refractivity contribution >= 4 is 17.3 Å². The average molecular weight is 367 g/mol. The second-order valence-corrected chi connectivity index (χ2v) is 6.83. The SMILES string of the molecule is O=C(c1ccc(NC2CCc3ccccc32)c([N+](=O)[O-])c1)N1CCOCC1. The van der Waals surface area contributed by atoms with Gasteiger partial charge in [0.05, 0.1) is 24.2 Å². The Balaban J connectivity index is 1.58. The Morgan fingerprint density at radius 3 is 2.74 bits per heavy atom. The third-order valence-corrected chi connectivity index (χ3v) is 5.20. The molecule has 2 aliphatic rings. The summed E-state index contributed by atoms with van der Waals surface area (Å²) in [6, 6.07) is 12.9. The fourth-order valence-electron chi connectivity index (χ4n) is 3.78. The Bertz CT molecular complexity index is 877. The molecular formula is C20H21N3O4. The Hall–Kier alpha value is -2.93. The molecule has 27 heavy (non-hydrogen) atoms. The molecule has 7 heteroatoms. The third kappa shape index (κ3) is 3.50. The van der Waals surface area contributed by atoms with Crippen molar-refractivity contribution < 1.29 is 14.5 Å². The van der Waals surface area contributed by atoms with Crippen LogP contribution in [-0.4, -0.2) is 42.0 Å². The van der Waals surface area contributed by atoms with Gasteiger partial charge in [0.2, 0.25) is 0 Å². The van der Waals surface area contributed by atoms with Crippen molar-refractivity contribution in [3.63, 3.8) is 0 Å². The maximum atomic E-state index is 12.6. The molecule has 4 rings (SSSR count). The maximum Gasteiger partial charge on any atom is 0.293 e. The summed E-state index contributed by atoms with van der Waals surface area (Å²) in [6.07, 6.45) is 1.85. The first-order valence-corrected chi connectivity index (χ1v) is 9.13. The minimum atomic E-state index is -0.431. The summed E-state index contributed by atoms with van der Waals surface area (Å²) < 4.78 is 5.26. The van der Waals surface area contributed by atoms with Gasteiger partial charge >= 0.3 is 0 Å². The molecule has 1 saturated heterocycles. The van der Waals surface area contributed by atoms with Crippen molar-refractivity contribution in [3.8, 4) is 0 Å². The number of ether oxygens (including phenoxy) is 1. The lowest BCUT2D eigenvalue weighted by molar-refractivity contribution is -0.384. The summed E-state index contributed by atoms with van der Waals surface area (Å²) in [4.78, 5) is 25.5. The van der Waals surface area contributed by atoms with Gasteiger partial charge in [-0.05, 0) is 36.1 Å². The summed E-state index contributed by atoms with van der Waals surface area (Å²) in [5.41, 5.74) is 3.16. The highest BCUT2D eigenvalue weighted by molar-refractivity contribution is 5.95. The van der Waals surface area contributed by atoms with Crippen molar-refractivity contribution in [2.24, 2.45) is 0 Å². The molecule has 0 spiro atoms. The Morgan fingerprint density at radius 2 is 1.96 bits per heavy atom. The van der Waals surface area contributed by atoms with Gasteiger partial charge in [0.25, 0.3) is 11.6 Å². The number of carbonyl (C=O) groups excluding carboxylic acids is 1. The molecule has 0 radical (unpaired) electrons. The minimum Gasteiger partial charge on any atom is -0.378 e. The van der Waals surface area contributed by atoms with E-state index in [-0.39, 0.29) is 17.6 Å². The molecule has 1 unspecified atom stereocenters. The molecule has 0 aromatic heterocycles. The summed E-state index contributed by atoms with van der Waals surface area (Å²) in [5, 5.41) is 14.9. The number of hydrogen-bond acceptors (Lipinski definition) is 5. The summed E-state index contributed by atoms with van der Waals surface area (Å²) in [5.74, 6) is -0.195. The van der Waals surface area contributed by atoms with Crippen molar-refractivity contribution in [2.75, 3.05) is 31.6 Å². The maximum absolute atomic E-state index is 12.6. The highest BCUT2D eigenvalue weighted by atomic mass is 16.6. The number of carbonyl (C=O) groups is 1. The minimum absolute atomic E-state index is 0.0423. The topological polar surface area (TPSA) is 84.7 Å². The Morgan fingerprint density at radius 1 is 1.19 bits per heavy atom. The zero-order valence-corrected chi connectivity index (χ0v) is 14.9. The Kier molecular flexibility index (Phi) is 4.77. The van der Waals surface area contributed by atoms with E-state index in [9.17, 15) is 14.9 Å². The molecule has 0 bridgehead atoms. The van der Waals surface area contributed by atoms with E-state index in [1.54, 1.807) is 17.0 Å². The van der Waals surface area contributed by atoms with E-state index < -0.39 is 4.92 Å². The predicted octanol–water partition coefficient (Wildman–Crippen LogP) is 3.17. The standard InChI is InChI=1S/C20H21N3O4/c24-20(22-9-11-27-12-10-22)15-6-8-18(19(13-15)23(25)26)21-17-7-5-14-3-1-2-4-16(14)17/h1-4,6,8,13,17,21H,5,7,9-12H2. The van der Waals surface area contributed by atoms with Crippen LogP contribution in [-0.2, 0) is 11.2 Å². The summed E-state index contributed by atoms with van der Waals surface area (Å²) in [6.45, 7) is 2.00. The van der Waals surface area contributed by atoms with E-state index in [4.69, 9.17) is 4.74 Å². The number of benzene rings is 2. The lowest BCUT2D eigenvalue weighted by Crippen LogP contribution is -2.40. The van der Waals surface area contributed by atoms with Crippen LogP contribution in [0.1, 0.15) is 33.9 Å². The summed E-state index contributed by atoms with van der Waals surface area (Å²) in [7, 11) is 0. The van der Waals surface area contributed by atoms with Gasteiger partial charge in [-0.15, -0.1) is 0 Å².